The van der Waals surface area contributed by atoms with E-state index in [0.717, 1.165) is 11.1 Å². The highest BCUT2D eigenvalue weighted by atomic mass is 79.9. The number of carbonyl (C=O) groups excluding carboxylic acids is 1. The Bertz CT molecular complexity index is 1010. The van der Waals surface area contributed by atoms with Crippen LogP contribution in [0.15, 0.2) is 76.6 Å². The first-order valence-electron chi connectivity index (χ1n) is 8.83. The molecule has 1 unspecified atom stereocenters. The Labute approximate surface area is 180 Å². The van der Waals surface area contributed by atoms with Crippen LogP contribution in [0, 0.1) is 13.8 Å². The highest BCUT2D eigenvalue weighted by Gasteiger charge is 2.36. The fraction of sp³-hybridized carbons (Fsp3) is 0.227. The molecule has 5 nitrogen and oxygen atoms in total. The number of benzene rings is 2. The second kappa shape index (κ2) is 9.52. The summed E-state index contributed by atoms with van der Waals surface area (Å²) < 4.78 is 33.6. The molecule has 0 heterocycles. The van der Waals surface area contributed by atoms with Crippen molar-refractivity contribution in [2.24, 2.45) is 0 Å². The van der Waals surface area contributed by atoms with Crippen LogP contribution in [0.4, 0.5) is 0 Å². The maximum absolute atomic E-state index is 13.5. The zero-order valence-corrected chi connectivity index (χ0v) is 19.1. The molecule has 0 aliphatic carbocycles. The van der Waals surface area contributed by atoms with Crippen molar-refractivity contribution >= 4 is 31.9 Å². The van der Waals surface area contributed by atoms with Crippen LogP contribution in [-0.4, -0.2) is 32.3 Å². The van der Waals surface area contributed by atoms with Gasteiger partial charge in [0, 0.05) is 11.0 Å². The van der Waals surface area contributed by atoms with Crippen LogP contribution in [0.1, 0.15) is 22.7 Å². The number of esters is 1. The minimum atomic E-state index is -3.98. The Morgan fingerprint density at radius 3 is 1.97 bits per heavy atom. The molecule has 0 aromatic heterocycles. The summed E-state index contributed by atoms with van der Waals surface area (Å²) in [7, 11) is -2.75. The molecule has 0 N–H and O–H groups in total. The van der Waals surface area contributed by atoms with Crippen molar-refractivity contribution in [1.82, 2.24) is 4.31 Å². The van der Waals surface area contributed by atoms with E-state index >= 15 is 0 Å². The minimum Gasteiger partial charge on any atom is -0.466 e. The molecule has 2 aromatic carbocycles. The third kappa shape index (κ3) is 5.44. The summed E-state index contributed by atoms with van der Waals surface area (Å²) in [6.07, 6.45) is 0. The number of ether oxygens (including phenoxy) is 1. The Kier molecular flexibility index (Phi) is 7.57. The van der Waals surface area contributed by atoms with Crippen LogP contribution >= 0.6 is 15.9 Å². The summed E-state index contributed by atoms with van der Waals surface area (Å²) in [4.78, 5) is 12.4. The smallest absolute Gasteiger partial charge is 0.335 e. The first-order chi connectivity index (χ1) is 13.6. The standard InChI is InChI=1S/C22H24BrNO4S/c1-15-6-10-19(11-7-15)21(18(4)22(25)28-5)24(14-17(3)23)29(26,27)20-12-8-16(2)9-13-20/h6-13,21H,3-4,14H2,1-2,5H3. The normalized spacial score (nSPS) is 12.4. The van der Waals surface area contributed by atoms with Crippen LogP contribution < -0.4 is 0 Å². The molecule has 0 radical (unpaired) electrons. The van der Waals surface area contributed by atoms with Gasteiger partial charge in [0.2, 0.25) is 10.0 Å². The van der Waals surface area contributed by atoms with Gasteiger partial charge in [-0.2, -0.15) is 4.31 Å². The number of aryl methyl sites for hydroxylation is 2. The molecule has 0 bridgehead atoms. The number of sulfonamides is 1. The first-order valence-corrected chi connectivity index (χ1v) is 11.1. The molecule has 29 heavy (non-hydrogen) atoms. The first kappa shape index (κ1) is 23.1. The minimum absolute atomic E-state index is 0.0146. The second-order valence-electron chi connectivity index (χ2n) is 6.71. The number of carbonyl (C=O) groups is 1. The van der Waals surface area contributed by atoms with Crippen molar-refractivity contribution in [3.63, 3.8) is 0 Å². The van der Waals surface area contributed by atoms with Gasteiger partial charge in [-0.05, 0) is 31.5 Å². The largest absolute Gasteiger partial charge is 0.466 e. The van der Waals surface area contributed by atoms with Gasteiger partial charge in [0.15, 0.2) is 0 Å². The van der Waals surface area contributed by atoms with Crippen molar-refractivity contribution < 1.29 is 17.9 Å². The van der Waals surface area contributed by atoms with Crippen molar-refractivity contribution in [2.75, 3.05) is 13.7 Å². The molecule has 2 aromatic rings. The van der Waals surface area contributed by atoms with Crippen molar-refractivity contribution in [2.45, 2.75) is 24.8 Å². The van der Waals surface area contributed by atoms with Gasteiger partial charge in [-0.25, -0.2) is 13.2 Å². The molecule has 0 aliphatic heterocycles. The quantitative estimate of drug-likeness (QED) is 0.409. The summed E-state index contributed by atoms with van der Waals surface area (Å²) in [5.41, 5.74) is 2.57. The van der Waals surface area contributed by atoms with Crippen LogP contribution in [0.5, 0.6) is 0 Å². The van der Waals surface area contributed by atoms with E-state index in [2.05, 4.69) is 29.1 Å². The molecule has 7 heteroatoms. The lowest BCUT2D eigenvalue weighted by Gasteiger charge is -2.32. The topological polar surface area (TPSA) is 63.7 Å². The fourth-order valence-electron chi connectivity index (χ4n) is 2.86. The predicted molar refractivity (Wildman–Crippen MR) is 118 cm³/mol. The third-order valence-corrected chi connectivity index (χ3v) is 6.49. The molecule has 0 amide bonds. The highest BCUT2D eigenvalue weighted by Crippen LogP contribution is 2.34. The summed E-state index contributed by atoms with van der Waals surface area (Å²) in [5.74, 6) is -0.681. The van der Waals surface area contributed by atoms with Crippen LogP contribution in [0.3, 0.4) is 0 Å². The molecule has 1 atom stereocenters. The van der Waals surface area contributed by atoms with Crippen molar-refractivity contribution in [3.05, 3.63) is 88.4 Å². The highest BCUT2D eigenvalue weighted by molar-refractivity contribution is 9.11. The molecular weight excluding hydrogens is 454 g/mol. The number of hydrogen-bond acceptors (Lipinski definition) is 4. The van der Waals surface area contributed by atoms with E-state index in [4.69, 9.17) is 4.74 Å². The van der Waals surface area contributed by atoms with E-state index in [0.29, 0.717) is 10.0 Å². The van der Waals surface area contributed by atoms with Crippen molar-refractivity contribution in [1.29, 1.82) is 0 Å². The average Bonchev–Trinajstić information content (AvgIpc) is 2.68. The van der Waals surface area contributed by atoms with E-state index in [1.807, 2.05) is 26.0 Å². The maximum atomic E-state index is 13.5. The van der Waals surface area contributed by atoms with Gasteiger partial charge >= 0.3 is 5.97 Å². The Morgan fingerprint density at radius 2 is 1.52 bits per heavy atom. The number of rotatable bonds is 8. The molecule has 154 valence electrons. The van der Waals surface area contributed by atoms with Gasteiger partial charge in [-0.1, -0.05) is 76.6 Å². The number of nitrogens with zero attached hydrogens (tertiary/aromatic N) is 1. The summed E-state index contributed by atoms with van der Waals surface area (Å²) in [6.45, 7) is 11.4. The van der Waals surface area contributed by atoms with Crippen molar-refractivity contribution in [3.8, 4) is 0 Å². The number of methoxy groups -OCH3 is 1. The molecule has 0 spiro atoms. The van der Waals surface area contributed by atoms with E-state index in [1.165, 1.54) is 11.4 Å². The van der Waals surface area contributed by atoms with E-state index in [9.17, 15) is 13.2 Å². The van der Waals surface area contributed by atoms with Gasteiger partial charge in [0.05, 0.1) is 23.6 Å². The number of hydrogen-bond donors (Lipinski definition) is 0. The van der Waals surface area contributed by atoms with Gasteiger partial charge < -0.3 is 4.74 Å². The molecule has 2 rings (SSSR count). The zero-order valence-electron chi connectivity index (χ0n) is 16.7. The molecular formula is C22H24BrNO4S. The second-order valence-corrected chi connectivity index (χ2v) is 9.72. The summed E-state index contributed by atoms with van der Waals surface area (Å²) in [5, 5.41) is 0. The van der Waals surface area contributed by atoms with Gasteiger partial charge in [-0.3, -0.25) is 0 Å². The summed E-state index contributed by atoms with van der Waals surface area (Å²) >= 11 is 3.26. The van der Waals surface area contributed by atoms with E-state index in [1.54, 1.807) is 36.4 Å². The average molecular weight is 478 g/mol. The maximum Gasteiger partial charge on any atom is 0.335 e. The Balaban J connectivity index is 2.69. The Morgan fingerprint density at radius 1 is 1.03 bits per heavy atom. The van der Waals surface area contributed by atoms with E-state index < -0.39 is 22.0 Å². The van der Waals surface area contributed by atoms with Gasteiger partial charge in [0.25, 0.3) is 0 Å². The molecule has 0 saturated heterocycles. The lowest BCUT2D eigenvalue weighted by molar-refractivity contribution is -0.136. The van der Waals surface area contributed by atoms with Gasteiger partial charge in [0.1, 0.15) is 0 Å². The lowest BCUT2D eigenvalue weighted by atomic mass is 9.98. The third-order valence-electron chi connectivity index (χ3n) is 4.41. The Hall–Kier alpha value is -2.22. The van der Waals surface area contributed by atoms with E-state index in [-0.39, 0.29) is 17.0 Å². The lowest BCUT2D eigenvalue weighted by Crippen LogP contribution is -2.38. The molecule has 0 fully saturated rings. The SMILES string of the molecule is C=C(Br)CN(C(C(=C)C(=O)OC)c1ccc(C)cc1)S(=O)(=O)c1ccc(C)cc1. The summed E-state index contributed by atoms with van der Waals surface area (Å²) in [6, 6.07) is 12.9. The van der Waals surface area contributed by atoms with Gasteiger partial charge in [-0.15, -0.1) is 0 Å². The predicted octanol–water partition coefficient (Wildman–Crippen LogP) is 4.67. The van der Waals surface area contributed by atoms with Crippen LogP contribution in [0.25, 0.3) is 0 Å². The fourth-order valence-corrected chi connectivity index (χ4v) is 4.90. The monoisotopic (exact) mass is 477 g/mol. The van der Waals surface area contributed by atoms with Crippen LogP contribution in [-0.2, 0) is 19.6 Å². The zero-order chi connectivity index (χ0) is 21.8. The molecule has 0 saturated carbocycles. The molecule has 0 aliphatic rings. The van der Waals surface area contributed by atoms with Crippen LogP contribution in [0.2, 0.25) is 0 Å². The number of halogens is 1.